The van der Waals surface area contributed by atoms with E-state index in [0.29, 0.717) is 11.3 Å². The van der Waals surface area contributed by atoms with Gasteiger partial charge < -0.3 is 24.1 Å². The lowest BCUT2D eigenvalue weighted by Gasteiger charge is -2.29. The van der Waals surface area contributed by atoms with Gasteiger partial charge >= 0.3 is 0 Å². The van der Waals surface area contributed by atoms with E-state index in [9.17, 15) is 9.59 Å². The van der Waals surface area contributed by atoms with E-state index in [1.165, 1.54) is 10.6 Å². The number of benzene rings is 1. The third-order valence-electron chi connectivity index (χ3n) is 5.00. The van der Waals surface area contributed by atoms with Crippen molar-refractivity contribution < 1.29 is 19.0 Å². The molecule has 0 saturated heterocycles. The summed E-state index contributed by atoms with van der Waals surface area (Å²) in [5, 5.41) is 3.05. The Morgan fingerprint density at radius 2 is 1.89 bits per heavy atom. The summed E-state index contributed by atoms with van der Waals surface area (Å²) in [6.07, 6.45) is 5.13. The Balaban J connectivity index is 1.29. The molecule has 0 unspecified atom stereocenters. The third-order valence-corrected chi connectivity index (χ3v) is 5.00. The van der Waals surface area contributed by atoms with Crippen molar-refractivity contribution in [1.29, 1.82) is 0 Å². The molecule has 2 aliphatic rings. The molecule has 7 heteroatoms. The summed E-state index contributed by atoms with van der Waals surface area (Å²) in [7, 11) is 1.64. The van der Waals surface area contributed by atoms with Gasteiger partial charge in [-0.2, -0.15) is 0 Å². The minimum atomic E-state index is -0.147. The van der Waals surface area contributed by atoms with Crippen LogP contribution < -0.4 is 25.1 Å². The largest absolute Gasteiger partial charge is 0.490 e. The number of amides is 1. The van der Waals surface area contributed by atoms with Crippen molar-refractivity contribution in [2.24, 2.45) is 7.05 Å². The molecule has 1 amide bonds. The van der Waals surface area contributed by atoms with Crippen LogP contribution in [0.2, 0.25) is 0 Å². The maximum atomic E-state index is 12.4. The number of hydrogen-bond acceptors (Lipinski definition) is 5. The van der Waals surface area contributed by atoms with Crippen molar-refractivity contribution in [1.82, 2.24) is 9.88 Å². The normalized spacial score (nSPS) is 20.9. The molecule has 0 spiro atoms. The average Bonchev–Trinajstić information content (AvgIpc) is 3.13. The van der Waals surface area contributed by atoms with Gasteiger partial charge in [-0.3, -0.25) is 9.59 Å². The fraction of sp³-hybridized carbons (Fsp3) is 0.400. The number of nitrogens with one attached hydrogen (secondary N) is 1. The molecular weight excluding hydrogens is 348 g/mol. The Morgan fingerprint density at radius 1 is 1.11 bits per heavy atom. The maximum Gasteiger partial charge on any atom is 0.252 e. The molecule has 2 aromatic rings. The van der Waals surface area contributed by atoms with Crippen LogP contribution >= 0.6 is 0 Å². The van der Waals surface area contributed by atoms with Crippen molar-refractivity contribution in [3.8, 4) is 17.2 Å². The number of pyridine rings is 1. The number of nitrogens with zero attached hydrogens (tertiary/aromatic N) is 1. The minimum Gasteiger partial charge on any atom is -0.490 e. The quantitative estimate of drug-likeness (QED) is 0.893. The highest BCUT2D eigenvalue weighted by Crippen LogP contribution is 2.36. The first-order chi connectivity index (χ1) is 13.1. The van der Waals surface area contributed by atoms with Crippen molar-refractivity contribution in [2.75, 3.05) is 6.79 Å². The van der Waals surface area contributed by atoms with Crippen molar-refractivity contribution in [3.05, 3.63) is 52.4 Å². The molecule has 27 heavy (non-hydrogen) atoms. The van der Waals surface area contributed by atoms with Crippen LogP contribution in [0.4, 0.5) is 0 Å². The lowest BCUT2D eigenvalue weighted by Crippen LogP contribution is -2.40. The smallest absolute Gasteiger partial charge is 0.252 e. The second-order valence-corrected chi connectivity index (χ2v) is 6.95. The SMILES string of the molecule is Cn1cc(C(=O)NC2CCC(Oc3ccc4c(c3)OCO4)CC2)ccc1=O. The monoisotopic (exact) mass is 370 g/mol. The van der Waals surface area contributed by atoms with Gasteiger partial charge in [-0.25, -0.2) is 0 Å². The highest BCUT2D eigenvalue weighted by Gasteiger charge is 2.25. The Kier molecular flexibility index (Phi) is 4.75. The van der Waals surface area contributed by atoms with Gasteiger partial charge in [0.15, 0.2) is 11.5 Å². The standard InChI is InChI=1S/C20H22N2O5/c1-22-11-13(2-9-19(22)23)20(24)21-14-3-5-15(6-4-14)27-16-7-8-17-18(10-16)26-12-25-17/h2,7-11,14-15H,3-6,12H2,1H3,(H,21,24). The Labute approximate surface area is 156 Å². The third kappa shape index (κ3) is 3.92. The highest BCUT2D eigenvalue weighted by molar-refractivity contribution is 5.94. The van der Waals surface area contributed by atoms with E-state index >= 15 is 0 Å². The predicted octanol–water partition coefficient (Wildman–Crippen LogP) is 2.23. The van der Waals surface area contributed by atoms with E-state index in [2.05, 4.69) is 5.32 Å². The average molecular weight is 370 g/mol. The van der Waals surface area contributed by atoms with Crippen molar-refractivity contribution in [2.45, 2.75) is 37.8 Å². The number of hydrogen-bond donors (Lipinski definition) is 1. The molecule has 0 radical (unpaired) electrons. The molecule has 2 heterocycles. The number of ether oxygens (including phenoxy) is 3. The van der Waals surface area contributed by atoms with Gasteiger partial charge in [0.1, 0.15) is 5.75 Å². The Morgan fingerprint density at radius 3 is 2.67 bits per heavy atom. The molecule has 7 nitrogen and oxygen atoms in total. The summed E-state index contributed by atoms with van der Waals surface area (Å²) in [4.78, 5) is 23.8. The van der Waals surface area contributed by atoms with E-state index < -0.39 is 0 Å². The second-order valence-electron chi connectivity index (χ2n) is 6.95. The molecule has 142 valence electrons. The second kappa shape index (κ2) is 7.34. The molecule has 1 saturated carbocycles. The number of rotatable bonds is 4. The predicted molar refractivity (Wildman–Crippen MR) is 98.4 cm³/mol. The number of carbonyl (C=O) groups is 1. The first-order valence-corrected chi connectivity index (χ1v) is 9.12. The van der Waals surface area contributed by atoms with Crippen LogP contribution in [-0.2, 0) is 7.05 Å². The van der Waals surface area contributed by atoms with Crippen molar-refractivity contribution in [3.63, 3.8) is 0 Å². The molecule has 0 atom stereocenters. The Bertz CT molecular complexity index is 899. The van der Waals surface area contributed by atoms with Crippen LogP contribution in [-0.4, -0.2) is 29.4 Å². The summed E-state index contributed by atoms with van der Waals surface area (Å²) in [5.74, 6) is 2.08. The molecule has 4 rings (SSSR count). The molecule has 0 bridgehead atoms. The molecule has 1 aliphatic carbocycles. The van der Waals surface area contributed by atoms with Crippen LogP contribution in [0.5, 0.6) is 17.2 Å². The van der Waals surface area contributed by atoms with Gasteiger partial charge in [-0.1, -0.05) is 0 Å². The minimum absolute atomic E-state index is 0.117. The van der Waals surface area contributed by atoms with E-state index in [0.717, 1.165) is 37.2 Å². The summed E-state index contributed by atoms with van der Waals surface area (Å²) in [5.41, 5.74) is 0.364. The molecule has 1 aromatic carbocycles. The summed E-state index contributed by atoms with van der Waals surface area (Å²) >= 11 is 0. The first-order valence-electron chi connectivity index (χ1n) is 9.12. The number of aryl methyl sites for hydroxylation is 1. The number of carbonyl (C=O) groups excluding carboxylic acids is 1. The van der Waals surface area contributed by atoms with Crippen molar-refractivity contribution >= 4 is 5.91 Å². The molecule has 1 N–H and O–H groups in total. The van der Waals surface area contributed by atoms with Crippen LogP contribution in [0.1, 0.15) is 36.0 Å². The summed E-state index contributed by atoms with van der Waals surface area (Å²) < 4.78 is 18.2. The van der Waals surface area contributed by atoms with Crippen LogP contribution in [0.15, 0.2) is 41.3 Å². The fourth-order valence-corrected chi connectivity index (χ4v) is 3.46. The highest BCUT2D eigenvalue weighted by atomic mass is 16.7. The summed E-state index contributed by atoms with van der Waals surface area (Å²) in [6, 6.07) is 8.69. The van der Waals surface area contributed by atoms with E-state index in [1.54, 1.807) is 19.3 Å². The zero-order chi connectivity index (χ0) is 18.8. The van der Waals surface area contributed by atoms with Crippen LogP contribution in [0, 0.1) is 0 Å². The molecule has 1 aromatic heterocycles. The van der Waals surface area contributed by atoms with Crippen LogP contribution in [0.25, 0.3) is 0 Å². The zero-order valence-electron chi connectivity index (χ0n) is 15.1. The van der Waals surface area contributed by atoms with E-state index in [1.807, 2.05) is 18.2 Å². The van der Waals surface area contributed by atoms with E-state index in [-0.39, 0.29) is 30.4 Å². The first kappa shape index (κ1) is 17.5. The van der Waals surface area contributed by atoms with Gasteiger partial charge in [-0.05, 0) is 43.9 Å². The number of aromatic nitrogens is 1. The van der Waals surface area contributed by atoms with Gasteiger partial charge in [-0.15, -0.1) is 0 Å². The lowest BCUT2D eigenvalue weighted by molar-refractivity contribution is 0.0893. The lowest BCUT2D eigenvalue weighted by atomic mass is 9.92. The molecule has 1 aliphatic heterocycles. The Hall–Kier alpha value is -2.96. The zero-order valence-corrected chi connectivity index (χ0v) is 15.1. The fourth-order valence-electron chi connectivity index (χ4n) is 3.46. The summed E-state index contributed by atoms with van der Waals surface area (Å²) in [6.45, 7) is 0.249. The number of fused-ring (bicyclic) bond motifs is 1. The van der Waals surface area contributed by atoms with Gasteiger partial charge in [0, 0.05) is 31.4 Å². The van der Waals surface area contributed by atoms with Gasteiger partial charge in [0.25, 0.3) is 5.91 Å². The topological polar surface area (TPSA) is 78.8 Å². The maximum absolute atomic E-state index is 12.4. The van der Waals surface area contributed by atoms with Crippen LogP contribution in [0.3, 0.4) is 0 Å². The van der Waals surface area contributed by atoms with E-state index in [4.69, 9.17) is 14.2 Å². The van der Waals surface area contributed by atoms with Gasteiger partial charge in [0.2, 0.25) is 12.4 Å². The molecular formula is C20H22N2O5. The van der Waals surface area contributed by atoms with Gasteiger partial charge in [0.05, 0.1) is 11.7 Å². The molecule has 1 fully saturated rings.